The largest absolute Gasteiger partial charge is 0.351 e. The fourth-order valence-electron chi connectivity index (χ4n) is 2.45. The van der Waals surface area contributed by atoms with Crippen LogP contribution >= 0.6 is 0 Å². The second kappa shape index (κ2) is 8.78. The van der Waals surface area contributed by atoms with Gasteiger partial charge in [0.15, 0.2) is 0 Å². The van der Waals surface area contributed by atoms with E-state index in [1.165, 1.54) is 6.08 Å². The van der Waals surface area contributed by atoms with Crippen molar-refractivity contribution in [2.24, 2.45) is 0 Å². The van der Waals surface area contributed by atoms with Crippen LogP contribution in [0.1, 0.15) is 22.3 Å². The van der Waals surface area contributed by atoms with E-state index in [0.29, 0.717) is 5.56 Å². The van der Waals surface area contributed by atoms with Crippen molar-refractivity contribution in [2.75, 3.05) is 13.1 Å². The van der Waals surface area contributed by atoms with E-state index in [9.17, 15) is 13.2 Å². The molecule has 2 aromatic carbocycles. The van der Waals surface area contributed by atoms with Crippen molar-refractivity contribution in [3.8, 4) is 0 Å². The molecule has 0 saturated carbocycles. The van der Waals surface area contributed by atoms with Gasteiger partial charge in [-0.2, -0.15) is 0 Å². The van der Waals surface area contributed by atoms with Crippen molar-refractivity contribution in [1.82, 2.24) is 10.0 Å². The van der Waals surface area contributed by atoms with Gasteiger partial charge in [-0.15, -0.1) is 0 Å². The topological polar surface area (TPSA) is 75.3 Å². The number of hydrogen-bond donors (Lipinski definition) is 2. The molecular formula is C20H24N2O3S. The Morgan fingerprint density at radius 1 is 1.00 bits per heavy atom. The number of carbonyl (C=O) groups is 1. The zero-order chi connectivity index (χ0) is 19.2. The van der Waals surface area contributed by atoms with Gasteiger partial charge in [0.1, 0.15) is 0 Å². The van der Waals surface area contributed by atoms with Gasteiger partial charge in [0.25, 0.3) is 0 Å². The van der Waals surface area contributed by atoms with Gasteiger partial charge in [0, 0.05) is 19.2 Å². The molecule has 0 fully saturated rings. The summed E-state index contributed by atoms with van der Waals surface area (Å²) in [6, 6.07) is 13.1. The van der Waals surface area contributed by atoms with Crippen LogP contribution in [0.25, 0.3) is 6.08 Å². The summed E-state index contributed by atoms with van der Waals surface area (Å²) in [5, 5.41) is 2.66. The molecule has 2 rings (SSSR count). The quantitative estimate of drug-likeness (QED) is 0.580. The Morgan fingerprint density at radius 3 is 2.46 bits per heavy atom. The summed E-state index contributed by atoms with van der Waals surface area (Å²) in [7, 11) is -3.59. The monoisotopic (exact) mass is 372 g/mol. The first kappa shape index (κ1) is 19.9. The van der Waals surface area contributed by atoms with Gasteiger partial charge < -0.3 is 5.32 Å². The van der Waals surface area contributed by atoms with Gasteiger partial charge in [0.2, 0.25) is 15.9 Å². The second-order valence-corrected chi connectivity index (χ2v) is 7.94. The van der Waals surface area contributed by atoms with Crippen LogP contribution in [0.4, 0.5) is 0 Å². The summed E-state index contributed by atoms with van der Waals surface area (Å²) in [4.78, 5) is 12.1. The first-order valence-corrected chi connectivity index (χ1v) is 9.86. The average Bonchev–Trinajstić information content (AvgIpc) is 2.59. The molecule has 0 spiro atoms. The number of hydrogen-bond acceptors (Lipinski definition) is 3. The van der Waals surface area contributed by atoms with Crippen LogP contribution in [0, 0.1) is 20.8 Å². The van der Waals surface area contributed by atoms with Crippen molar-refractivity contribution in [3.05, 3.63) is 70.8 Å². The standard InChI is InChI=1S/C20H24N2O3S/c1-15-5-4-6-18(13-15)9-10-20(23)21-11-12-22-26(24,25)19-14-16(2)7-8-17(19)3/h4-10,13-14,22H,11-12H2,1-3H3,(H,21,23)/b10-9+. The van der Waals surface area contributed by atoms with Crippen molar-refractivity contribution in [2.45, 2.75) is 25.7 Å². The van der Waals surface area contributed by atoms with Crippen LogP contribution in [0.15, 0.2) is 53.4 Å². The maximum atomic E-state index is 12.4. The molecule has 0 heterocycles. The van der Waals surface area contributed by atoms with Crippen molar-refractivity contribution in [1.29, 1.82) is 0 Å². The highest BCUT2D eigenvalue weighted by atomic mass is 32.2. The zero-order valence-electron chi connectivity index (χ0n) is 15.2. The molecule has 2 N–H and O–H groups in total. The predicted molar refractivity (Wildman–Crippen MR) is 104 cm³/mol. The third kappa shape index (κ3) is 5.82. The number of amides is 1. The fourth-order valence-corrected chi connectivity index (χ4v) is 3.81. The van der Waals surface area contributed by atoms with Crippen LogP contribution in [0.5, 0.6) is 0 Å². The number of benzene rings is 2. The normalized spacial score (nSPS) is 11.7. The molecule has 0 atom stereocenters. The van der Waals surface area contributed by atoms with Crippen molar-refractivity contribution >= 4 is 22.0 Å². The molecule has 2 aromatic rings. The Balaban J connectivity index is 1.84. The molecule has 0 aliphatic carbocycles. The third-order valence-corrected chi connectivity index (χ3v) is 5.42. The second-order valence-electron chi connectivity index (χ2n) is 6.21. The number of sulfonamides is 1. The summed E-state index contributed by atoms with van der Waals surface area (Å²) >= 11 is 0. The SMILES string of the molecule is Cc1cccc(/C=C/C(=O)NCCNS(=O)(=O)c2cc(C)ccc2C)c1. The highest BCUT2D eigenvalue weighted by molar-refractivity contribution is 7.89. The first-order valence-electron chi connectivity index (χ1n) is 8.37. The lowest BCUT2D eigenvalue weighted by atomic mass is 10.1. The van der Waals surface area contributed by atoms with Crippen LogP contribution in [0.3, 0.4) is 0 Å². The van der Waals surface area contributed by atoms with Crippen LogP contribution in [-0.2, 0) is 14.8 Å². The first-order chi connectivity index (χ1) is 12.3. The summed E-state index contributed by atoms with van der Waals surface area (Å²) in [5.41, 5.74) is 3.63. The summed E-state index contributed by atoms with van der Waals surface area (Å²) in [6.45, 7) is 5.92. The molecule has 0 aromatic heterocycles. The minimum absolute atomic E-state index is 0.125. The highest BCUT2D eigenvalue weighted by Crippen LogP contribution is 2.16. The molecule has 0 bridgehead atoms. The Labute approximate surface area is 155 Å². The van der Waals surface area contributed by atoms with E-state index in [2.05, 4.69) is 10.0 Å². The minimum atomic E-state index is -3.59. The Kier molecular flexibility index (Phi) is 6.71. The lowest BCUT2D eigenvalue weighted by Gasteiger charge is -2.10. The van der Waals surface area contributed by atoms with Crippen molar-refractivity contribution < 1.29 is 13.2 Å². The van der Waals surface area contributed by atoms with Gasteiger partial charge in [-0.05, 0) is 49.6 Å². The van der Waals surface area contributed by atoms with E-state index in [4.69, 9.17) is 0 Å². The maximum Gasteiger partial charge on any atom is 0.244 e. The maximum absolute atomic E-state index is 12.4. The van der Waals surface area contributed by atoms with E-state index in [1.807, 2.05) is 44.2 Å². The minimum Gasteiger partial charge on any atom is -0.351 e. The molecule has 6 heteroatoms. The Hall–Kier alpha value is -2.44. The van der Waals surface area contributed by atoms with Crippen LogP contribution in [-0.4, -0.2) is 27.4 Å². The van der Waals surface area contributed by atoms with E-state index >= 15 is 0 Å². The van der Waals surface area contributed by atoms with Crippen LogP contribution in [0.2, 0.25) is 0 Å². The van der Waals surface area contributed by atoms with E-state index in [-0.39, 0.29) is 23.9 Å². The van der Waals surface area contributed by atoms with E-state index in [1.54, 1.807) is 25.1 Å². The lowest BCUT2D eigenvalue weighted by molar-refractivity contribution is -0.116. The van der Waals surface area contributed by atoms with Gasteiger partial charge in [0.05, 0.1) is 4.90 Å². The summed E-state index contributed by atoms with van der Waals surface area (Å²) < 4.78 is 27.2. The van der Waals surface area contributed by atoms with E-state index in [0.717, 1.165) is 16.7 Å². The molecule has 138 valence electrons. The molecule has 0 radical (unpaired) electrons. The number of nitrogens with one attached hydrogen (secondary N) is 2. The summed E-state index contributed by atoms with van der Waals surface area (Å²) in [5.74, 6) is -0.266. The molecule has 0 aliphatic heterocycles. The average molecular weight is 372 g/mol. The summed E-state index contributed by atoms with van der Waals surface area (Å²) in [6.07, 6.45) is 3.16. The molecule has 1 amide bonds. The third-order valence-electron chi connectivity index (χ3n) is 3.82. The van der Waals surface area contributed by atoms with Gasteiger partial charge in [-0.3, -0.25) is 4.79 Å². The molecule has 0 aliphatic rings. The van der Waals surface area contributed by atoms with E-state index < -0.39 is 10.0 Å². The predicted octanol–water partition coefficient (Wildman–Crippen LogP) is 2.72. The lowest BCUT2D eigenvalue weighted by Crippen LogP contribution is -2.34. The zero-order valence-corrected chi connectivity index (χ0v) is 16.1. The molecule has 0 unspecified atom stereocenters. The van der Waals surface area contributed by atoms with Crippen LogP contribution < -0.4 is 10.0 Å². The number of aryl methyl sites for hydroxylation is 3. The van der Waals surface area contributed by atoms with Crippen molar-refractivity contribution in [3.63, 3.8) is 0 Å². The van der Waals surface area contributed by atoms with Gasteiger partial charge >= 0.3 is 0 Å². The molecule has 0 saturated heterocycles. The smallest absolute Gasteiger partial charge is 0.244 e. The molecular weight excluding hydrogens is 348 g/mol. The van der Waals surface area contributed by atoms with Gasteiger partial charge in [-0.25, -0.2) is 13.1 Å². The van der Waals surface area contributed by atoms with Gasteiger partial charge in [-0.1, -0.05) is 42.0 Å². The number of carbonyl (C=O) groups excluding carboxylic acids is 1. The number of rotatable bonds is 7. The molecule has 26 heavy (non-hydrogen) atoms. The fraction of sp³-hybridized carbons (Fsp3) is 0.250. The Bertz CT molecular complexity index is 918. The molecule has 5 nitrogen and oxygen atoms in total. The highest BCUT2D eigenvalue weighted by Gasteiger charge is 2.16. The Morgan fingerprint density at radius 2 is 1.73 bits per heavy atom.